The monoisotopic (exact) mass is 527 g/mol. The largest absolute Gasteiger partial charge is 0.456 e. The first-order valence-corrected chi connectivity index (χ1v) is 14.8. The molecule has 202 valence electrons. The Labute approximate surface area is 238 Å². The van der Waals surface area contributed by atoms with Gasteiger partial charge < -0.3 is 4.42 Å². The summed E-state index contributed by atoms with van der Waals surface area (Å²) < 4.78 is 9.15. The molecule has 40 heavy (non-hydrogen) atoms. The van der Waals surface area contributed by atoms with Gasteiger partial charge in [0.25, 0.3) is 0 Å². The van der Waals surface area contributed by atoms with Crippen LogP contribution >= 0.6 is 0 Å². The summed E-state index contributed by atoms with van der Waals surface area (Å²) in [5.74, 6) is 1.24. The van der Waals surface area contributed by atoms with E-state index in [1.165, 1.54) is 60.2 Å². The summed E-state index contributed by atoms with van der Waals surface area (Å²) in [5, 5.41) is 2.16. The number of rotatable bonds is 5. The van der Waals surface area contributed by atoms with Gasteiger partial charge in [0.1, 0.15) is 18.2 Å². The lowest BCUT2D eigenvalue weighted by atomic mass is 9.84. The molecule has 0 bridgehead atoms. The van der Waals surface area contributed by atoms with E-state index in [-0.39, 0.29) is 0 Å². The van der Waals surface area contributed by atoms with Crippen molar-refractivity contribution in [2.75, 3.05) is 0 Å². The number of aromatic nitrogens is 1. The molecule has 0 N–H and O–H groups in total. The van der Waals surface area contributed by atoms with Gasteiger partial charge in [0, 0.05) is 35.4 Å². The number of nitrogens with zero attached hydrogens (tertiary/aromatic N) is 2. The van der Waals surface area contributed by atoms with Gasteiger partial charge in [-0.1, -0.05) is 94.5 Å². The van der Waals surface area contributed by atoms with Crippen LogP contribution in [0.1, 0.15) is 74.3 Å². The molecule has 2 heterocycles. The number of hydrogen-bond acceptors (Lipinski definition) is 1. The molecule has 1 aliphatic rings. The van der Waals surface area contributed by atoms with Gasteiger partial charge in [0.05, 0.1) is 12.1 Å². The minimum absolute atomic E-state index is 0.458. The first kappa shape index (κ1) is 26.3. The van der Waals surface area contributed by atoms with Crippen molar-refractivity contribution in [3.63, 3.8) is 0 Å². The fourth-order valence-electron chi connectivity index (χ4n) is 6.67. The van der Waals surface area contributed by atoms with E-state index < -0.39 is 0 Å². The second-order valence-electron chi connectivity index (χ2n) is 12.1. The molecule has 0 atom stereocenters. The van der Waals surface area contributed by atoms with Gasteiger partial charge in [0.2, 0.25) is 5.69 Å². The van der Waals surface area contributed by atoms with Crippen molar-refractivity contribution < 1.29 is 8.98 Å². The van der Waals surface area contributed by atoms with Crippen molar-refractivity contribution in [1.82, 2.24) is 0 Å². The highest BCUT2D eigenvalue weighted by Gasteiger charge is 2.25. The predicted molar refractivity (Wildman–Crippen MR) is 166 cm³/mol. The van der Waals surface area contributed by atoms with Crippen molar-refractivity contribution in [3.8, 4) is 22.4 Å². The van der Waals surface area contributed by atoms with Crippen LogP contribution in [0.2, 0.25) is 0 Å². The third-order valence-corrected chi connectivity index (χ3v) is 9.09. The maximum atomic E-state index is 7.93. The third-order valence-electron chi connectivity index (χ3n) is 9.09. The zero-order valence-electron chi connectivity index (χ0n) is 24.5. The van der Waals surface area contributed by atoms with Gasteiger partial charge in [0.15, 0.2) is 11.4 Å². The zero-order valence-corrected chi connectivity index (χ0v) is 24.5. The molecule has 0 unspecified atom stereocenters. The van der Waals surface area contributed by atoms with Crippen molar-refractivity contribution in [1.29, 1.82) is 0 Å². The molecule has 3 heteroatoms. The molecule has 3 aromatic carbocycles. The summed E-state index contributed by atoms with van der Waals surface area (Å²) in [4.78, 5) is 3.90. The number of furan rings is 1. The Balaban J connectivity index is 1.56. The second kappa shape index (κ2) is 10.6. The first-order chi connectivity index (χ1) is 19.4. The zero-order chi connectivity index (χ0) is 28.0. The Bertz CT molecular complexity index is 1760. The van der Waals surface area contributed by atoms with E-state index >= 15 is 0 Å². The molecular formula is C37H39N2O+. The Kier molecular flexibility index (Phi) is 6.97. The van der Waals surface area contributed by atoms with Crippen molar-refractivity contribution in [3.05, 3.63) is 94.5 Å². The van der Waals surface area contributed by atoms with E-state index in [2.05, 4.69) is 98.8 Å². The van der Waals surface area contributed by atoms with E-state index in [9.17, 15) is 0 Å². The van der Waals surface area contributed by atoms with Gasteiger partial charge in [-0.25, -0.2) is 4.85 Å². The van der Waals surface area contributed by atoms with Crippen LogP contribution in [0.4, 0.5) is 5.69 Å². The molecule has 0 spiro atoms. The molecule has 1 saturated carbocycles. The van der Waals surface area contributed by atoms with E-state index in [1.807, 2.05) is 6.07 Å². The van der Waals surface area contributed by atoms with E-state index in [4.69, 9.17) is 11.0 Å². The van der Waals surface area contributed by atoms with Gasteiger partial charge in [-0.05, 0) is 47.4 Å². The molecule has 1 aliphatic carbocycles. The van der Waals surface area contributed by atoms with Crippen LogP contribution in [0.5, 0.6) is 0 Å². The Morgan fingerprint density at radius 1 is 0.875 bits per heavy atom. The van der Waals surface area contributed by atoms with E-state index in [0.29, 0.717) is 11.6 Å². The van der Waals surface area contributed by atoms with Gasteiger partial charge in [-0.3, -0.25) is 0 Å². The quantitative estimate of drug-likeness (QED) is 0.165. The SMILES string of the molecule is [C-]#[N+]c1ccc2c(oc3c(-c4cc(CC5CCCCC5)cc(C)[n+]4C)c(C)ccc32)c1-c1ccc(C(C)C)cc1. The number of benzene rings is 3. The van der Waals surface area contributed by atoms with Crippen LogP contribution in [-0.2, 0) is 13.5 Å². The van der Waals surface area contributed by atoms with Crippen LogP contribution in [0.15, 0.2) is 65.1 Å². The fraction of sp³-hybridized carbons (Fsp3) is 0.351. The van der Waals surface area contributed by atoms with Crippen LogP contribution in [0.3, 0.4) is 0 Å². The molecule has 6 rings (SSSR count). The fourth-order valence-corrected chi connectivity index (χ4v) is 6.67. The molecule has 2 aromatic heterocycles. The molecule has 0 radical (unpaired) electrons. The van der Waals surface area contributed by atoms with Crippen LogP contribution in [0, 0.1) is 26.3 Å². The Morgan fingerprint density at radius 2 is 1.55 bits per heavy atom. The third kappa shape index (κ3) is 4.60. The number of fused-ring (bicyclic) bond motifs is 3. The summed E-state index contributed by atoms with van der Waals surface area (Å²) >= 11 is 0. The Morgan fingerprint density at radius 3 is 2.23 bits per heavy atom. The lowest BCUT2D eigenvalue weighted by molar-refractivity contribution is -0.666. The van der Waals surface area contributed by atoms with Gasteiger partial charge >= 0.3 is 0 Å². The topological polar surface area (TPSA) is 21.4 Å². The molecule has 1 fully saturated rings. The molecule has 3 nitrogen and oxygen atoms in total. The summed E-state index contributed by atoms with van der Waals surface area (Å²) in [7, 11) is 2.16. The summed E-state index contributed by atoms with van der Waals surface area (Å²) in [5.41, 5.74) is 11.7. The minimum atomic E-state index is 0.458. The van der Waals surface area contributed by atoms with E-state index in [0.717, 1.165) is 51.0 Å². The standard InChI is InChI=1S/C37H39N2O/c1-23(2)28-13-15-29(16-14-28)35-32(38-5)19-18-31-30-17-12-24(3)34(36(30)40-37(31)35)33-22-27(20-25(4)39(33)6)21-26-10-8-7-9-11-26/h12-20,22-23,26H,7-11,21H2,1-4,6H3/q+1. The summed E-state index contributed by atoms with van der Waals surface area (Å²) in [6, 6.07) is 21.8. The average molecular weight is 528 g/mol. The molecule has 0 aliphatic heterocycles. The van der Waals surface area contributed by atoms with Crippen LogP contribution in [0.25, 0.3) is 49.2 Å². The summed E-state index contributed by atoms with van der Waals surface area (Å²) in [6.07, 6.45) is 7.95. The summed E-state index contributed by atoms with van der Waals surface area (Å²) in [6.45, 7) is 16.7. The van der Waals surface area contributed by atoms with Gasteiger partial charge in [-0.2, -0.15) is 4.57 Å². The molecule has 0 amide bonds. The van der Waals surface area contributed by atoms with Crippen molar-refractivity contribution in [2.45, 2.75) is 72.1 Å². The van der Waals surface area contributed by atoms with E-state index in [1.54, 1.807) is 0 Å². The highest BCUT2D eigenvalue weighted by molar-refractivity contribution is 6.15. The molecule has 0 saturated heterocycles. The predicted octanol–water partition coefficient (Wildman–Crippen LogP) is 10.2. The first-order valence-electron chi connectivity index (χ1n) is 14.8. The van der Waals surface area contributed by atoms with Crippen molar-refractivity contribution in [2.24, 2.45) is 13.0 Å². The lowest BCUT2D eigenvalue weighted by Crippen LogP contribution is -2.35. The second-order valence-corrected chi connectivity index (χ2v) is 12.1. The maximum absolute atomic E-state index is 7.93. The van der Waals surface area contributed by atoms with Crippen LogP contribution < -0.4 is 4.57 Å². The number of aryl methyl sites for hydroxylation is 2. The maximum Gasteiger partial charge on any atom is 0.216 e. The molecular weight excluding hydrogens is 488 g/mol. The van der Waals surface area contributed by atoms with Crippen LogP contribution in [-0.4, -0.2) is 0 Å². The average Bonchev–Trinajstić information content (AvgIpc) is 3.33. The highest BCUT2D eigenvalue weighted by Crippen LogP contribution is 2.44. The smallest absolute Gasteiger partial charge is 0.216 e. The van der Waals surface area contributed by atoms with Gasteiger partial charge in [-0.15, -0.1) is 0 Å². The highest BCUT2D eigenvalue weighted by atomic mass is 16.3. The Hall–Kier alpha value is -3.90. The van der Waals surface area contributed by atoms with Crippen molar-refractivity contribution >= 4 is 27.6 Å². The molecule has 5 aromatic rings. The number of hydrogen-bond donors (Lipinski definition) is 0. The normalized spacial score (nSPS) is 14.3. The lowest BCUT2D eigenvalue weighted by Gasteiger charge is -2.21. The minimum Gasteiger partial charge on any atom is -0.456 e. The number of pyridine rings is 1.